The van der Waals surface area contributed by atoms with Crippen molar-refractivity contribution in [2.75, 3.05) is 65.4 Å². The molecular formula is C12H30N6. The van der Waals surface area contributed by atoms with E-state index in [9.17, 15) is 0 Å². The van der Waals surface area contributed by atoms with Gasteiger partial charge in [0.15, 0.2) is 0 Å². The predicted octanol–water partition coefficient (Wildman–Crippen LogP) is -1.95. The topological polar surface area (TPSA) is 82.6 Å². The van der Waals surface area contributed by atoms with Gasteiger partial charge in [-0.15, -0.1) is 0 Å². The van der Waals surface area contributed by atoms with Crippen LogP contribution >= 0.6 is 0 Å². The van der Waals surface area contributed by atoms with Gasteiger partial charge in [0.25, 0.3) is 0 Å². The fourth-order valence-corrected chi connectivity index (χ4v) is 2.33. The van der Waals surface area contributed by atoms with E-state index in [-0.39, 0.29) is 0 Å². The van der Waals surface area contributed by atoms with Crippen molar-refractivity contribution in [3.05, 3.63) is 0 Å². The van der Waals surface area contributed by atoms with Gasteiger partial charge in [-0.1, -0.05) is 0 Å². The number of hydrogen-bond acceptors (Lipinski definition) is 6. The summed E-state index contributed by atoms with van der Waals surface area (Å²) >= 11 is 0. The fraction of sp³-hybridized carbons (Fsp3) is 1.00. The molecule has 1 heterocycles. The maximum atomic E-state index is 5.59. The summed E-state index contributed by atoms with van der Waals surface area (Å²) in [6.45, 7) is 12.0. The SMILES string of the molecule is CC(NCCN(CCN)CCN)N1CCNCC1. The first-order chi connectivity index (χ1) is 8.77. The van der Waals surface area contributed by atoms with Gasteiger partial charge in [-0.3, -0.25) is 9.80 Å². The van der Waals surface area contributed by atoms with E-state index in [2.05, 4.69) is 27.4 Å². The first kappa shape index (κ1) is 15.8. The Hall–Kier alpha value is -0.240. The van der Waals surface area contributed by atoms with Crippen LogP contribution in [0.4, 0.5) is 0 Å². The average molecular weight is 258 g/mol. The molecule has 1 saturated heterocycles. The molecule has 108 valence electrons. The van der Waals surface area contributed by atoms with Crippen molar-refractivity contribution in [1.29, 1.82) is 0 Å². The number of nitrogens with zero attached hydrogens (tertiary/aromatic N) is 2. The lowest BCUT2D eigenvalue weighted by Crippen LogP contribution is -2.53. The zero-order chi connectivity index (χ0) is 13.2. The van der Waals surface area contributed by atoms with Gasteiger partial charge in [0.1, 0.15) is 0 Å². The van der Waals surface area contributed by atoms with Gasteiger partial charge >= 0.3 is 0 Å². The van der Waals surface area contributed by atoms with Crippen LogP contribution in [-0.2, 0) is 0 Å². The summed E-state index contributed by atoms with van der Waals surface area (Å²) in [6, 6.07) is 0. The van der Waals surface area contributed by atoms with Crippen molar-refractivity contribution in [2.24, 2.45) is 11.5 Å². The van der Waals surface area contributed by atoms with E-state index in [0.717, 1.165) is 52.4 Å². The number of nitrogens with two attached hydrogens (primary N) is 2. The van der Waals surface area contributed by atoms with E-state index in [1.54, 1.807) is 0 Å². The number of rotatable bonds is 9. The van der Waals surface area contributed by atoms with Gasteiger partial charge < -0.3 is 22.1 Å². The molecule has 0 amide bonds. The third-order valence-corrected chi connectivity index (χ3v) is 3.46. The molecule has 6 heteroatoms. The lowest BCUT2D eigenvalue weighted by atomic mass is 10.3. The van der Waals surface area contributed by atoms with Gasteiger partial charge in [-0.2, -0.15) is 0 Å². The normalized spacial score (nSPS) is 19.3. The van der Waals surface area contributed by atoms with Crippen LogP contribution in [0.1, 0.15) is 6.92 Å². The van der Waals surface area contributed by atoms with E-state index >= 15 is 0 Å². The molecular weight excluding hydrogens is 228 g/mol. The second kappa shape index (κ2) is 9.66. The highest BCUT2D eigenvalue weighted by atomic mass is 15.3. The Morgan fingerprint density at radius 3 is 2.33 bits per heavy atom. The first-order valence-corrected chi connectivity index (χ1v) is 7.08. The molecule has 0 spiro atoms. The molecule has 18 heavy (non-hydrogen) atoms. The Bertz CT molecular complexity index is 189. The van der Waals surface area contributed by atoms with Gasteiger partial charge in [-0.05, 0) is 6.92 Å². The molecule has 1 unspecified atom stereocenters. The molecule has 0 aromatic heterocycles. The number of piperazine rings is 1. The largest absolute Gasteiger partial charge is 0.329 e. The first-order valence-electron chi connectivity index (χ1n) is 7.08. The monoisotopic (exact) mass is 258 g/mol. The lowest BCUT2D eigenvalue weighted by molar-refractivity contribution is 0.153. The fourth-order valence-electron chi connectivity index (χ4n) is 2.33. The van der Waals surface area contributed by atoms with E-state index in [0.29, 0.717) is 19.3 Å². The second-order valence-corrected chi connectivity index (χ2v) is 4.84. The summed E-state index contributed by atoms with van der Waals surface area (Å²) in [5.41, 5.74) is 11.2. The quantitative estimate of drug-likeness (QED) is 0.385. The van der Waals surface area contributed by atoms with E-state index in [1.807, 2.05) is 0 Å². The highest BCUT2D eigenvalue weighted by Gasteiger charge is 2.15. The van der Waals surface area contributed by atoms with E-state index < -0.39 is 0 Å². The van der Waals surface area contributed by atoms with Gasteiger partial charge in [0, 0.05) is 65.4 Å². The van der Waals surface area contributed by atoms with E-state index in [4.69, 9.17) is 11.5 Å². The smallest absolute Gasteiger partial charge is 0.0569 e. The maximum absolute atomic E-state index is 5.59. The van der Waals surface area contributed by atoms with Crippen LogP contribution in [0.25, 0.3) is 0 Å². The minimum atomic E-state index is 0.449. The van der Waals surface area contributed by atoms with Crippen molar-refractivity contribution in [3.8, 4) is 0 Å². The lowest BCUT2D eigenvalue weighted by Gasteiger charge is -2.33. The molecule has 1 atom stereocenters. The molecule has 1 rings (SSSR count). The van der Waals surface area contributed by atoms with Gasteiger partial charge in [0.05, 0.1) is 6.17 Å². The maximum Gasteiger partial charge on any atom is 0.0569 e. The Kier molecular flexibility index (Phi) is 8.49. The molecule has 0 bridgehead atoms. The molecule has 0 aromatic rings. The second-order valence-electron chi connectivity index (χ2n) is 4.84. The molecule has 0 aromatic carbocycles. The van der Waals surface area contributed by atoms with E-state index in [1.165, 1.54) is 0 Å². The van der Waals surface area contributed by atoms with Crippen molar-refractivity contribution in [1.82, 2.24) is 20.4 Å². The molecule has 6 nitrogen and oxygen atoms in total. The number of nitrogens with one attached hydrogen (secondary N) is 2. The van der Waals surface area contributed by atoms with Crippen LogP contribution in [0.5, 0.6) is 0 Å². The van der Waals surface area contributed by atoms with Crippen LogP contribution in [-0.4, -0.2) is 81.4 Å². The molecule has 0 radical (unpaired) electrons. The average Bonchev–Trinajstić information content (AvgIpc) is 2.40. The van der Waals surface area contributed by atoms with Crippen molar-refractivity contribution >= 4 is 0 Å². The molecule has 6 N–H and O–H groups in total. The predicted molar refractivity (Wildman–Crippen MR) is 76.5 cm³/mol. The standard InChI is InChI=1S/C12H30N6/c1-12(18-10-4-15-5-11-18)16-6-9-17(7-2-13)8-3-14/h12,15-16H,2-11,13-14H2,1H3. The molecule has 0 saturated carbocycles. The summed E-state index contributed by atoms with van der Waals surface area (Å²) in [7, 11) is 0. The molecule has 1 aliphatic rings. The van der Waals surface area contributed by atoms with Crippen LogP contribution in [0.3, 0.4) is 0 Å². The molecule has 0 aliphatic carbocycles. The van der Waals surface area contributed by atoms with Crippen molar-refractivity contribution in [2.45, 2.75) is 13.1 Å². The van der Waals surface area contributed by atoms with Crippen LogP contribution in [0.15, 0.2) is 0 Å². The third-order valence-electron chi connectivity index (χ3n) is 3.46. The van der Waals surface area contributed by atoms with Crippen LogP contribution in [0.2, 0.25) is 0 Å². The third kappa shape index (κ3) is 6.08. The number of hydrogen-bond donors (Lipinski definition) is 4. The zero-order valence-electron chi connectivity index (χ0n) is 11.7. The molecule has 1 aliphatic heterocycles. The Balaban J connectivity index is 2.14. The minimum Gasteiger partial charge on any atom is -0.329 e. The van der Waals surface area contributed by atoms with Gasteiger partial charge in [0.2, 0.25) is 0 Å². The zero-order valence-corrected chi connectivity index (χ0v) is 11.7. The molecule has 1 fully saturated rings. The summed E-state index contributed by atoms with van der Waals surface area (Å²) in [6.07, 6.45) is 0.449. The van der Waals surface area contributed by atoms with Crippen LogP contribution < -0.4 is 22.1 Å². The van der Waals surface area contributed by atoms with Crippen molar-refractivity contribution in [3.63, 3.8) is 0 Å². The van der Waals surface area contributed by atoms with Crippen LogP contribution in [0, 0.1) is 0 Å². The Morgan fingerprint density at radius 2 is 1.78 bits per heavy atom. The van der Waals surface area contributed by atoms with Crippen molar-refractivity contribution < 1.29 is 0 Å². The minimum absolute atomic E-state index is 0.449. The summed E-state index contributed by atoms with van der Waals surface area (Å²) < 4.78 is 0. The Morgan fingerprint density at radius 1 is 1.17 bits per heavy atom. The highest BCUT2D eigenvalue weighted by molar-refractivity contribution is 4.72. The summed E-state index contributed by atoms with van der Waals surface area (Å²) in [5, 5.41) is 6.95. The van der Waals surface area contributed by atoms with Gasteiger partial charge in [-0.25, -0.2) is 0 Å². The summed E-state index contributed by atoms with van der Waals surface area (Å²) in [4.78, 5) is 4.80. The Labute approximate surface area is 111 Å². The highest BCUT2D eigenvalue weighted by Crippen LogP contribution is 1.97. The summed E-state index contributed by atoms with van der Waals surface area (Å²) in [5.74, 6) is 0.